The van der Waals surface area contributed by atoms with Gasteiger partial charge in [-0.25, -0.2) is 9.20 Å². The average Bonchev–Trinajstić information content (AvgIpc) is 3.50. The molecule has 4 rings (SSSR count). The second-order valence-corrected chi connectivity index (χ2v) is 8.28. The molecule has 0 bridgehead atoms. The number of nitrogens with zero attached hydrogens (tertiary/aromatic N) is 5. The van der Waals surface area contributed by atoms with E-state index >= 15 is 0 Å². The van der Waals surface area contributed by atoms with Crippen molar-refractivity contribution in [3.05, 3.63) is 24.3 Å². The van der Waals surface area contributed by atoms with E-state index in [1.54, 1.807) is 28.7 Å². The van der Waals surface area contributed by atoms with E-state index in [1.807, 2.05) is 13.8 Å². The van der Waals surface area contributed by atoms with Crippen molar-refractivity contribution in [1.29, 1.82) is 0 Å². The molecule has 1 fully saturated rings. The number of amides is 3. The van der Waals surface area contributed by atoms with Gasteiger partial charge in [0.2, 0.25) is 17.8 Å². The van der Waals surface area contributed by atoms with Crippen molar-refractivity contribution in [2.45, 2.75) is 37.9 Å². The predicted octanol–water partition coefficient (Wildman–Crippen LogP) is 2.40. The van der Waals surface area contributed by atoms with Crippen LogP contribution >= 0.6 is 11.8 Å². The molecule has 0 aliphatic heterocycles. The summed E-state index contributed by atoms with van der Waals surface area (Å²) in [6.45, 7) is 5.27. The van der Waals surface area contributed by atoms with Gasteiger partial charge in [-0.3, -0.25) is 4.79 Å². The van der Waals surface area contributed by atoms with Gasteiger partial charge in [0.05, 0.1) is 5.75 Å². The molecule has 1 aliphatic rings. The number of anilines is 4. The number of rotatable bonds is 10. The Morgan fingerprint density at radius 3 is 2.36 bits per heavy atom. The van der Waals surface area contributed by atoms with E-state index in [2.05, 4.69) is 46.7 Å². The minimum atomic E-state index is -0.218. The molecule has 2 aromatic heterocycles. The number of nitrogens with one attached hydrogen (secondary N) is 5. The van der Waals surface area contributed by atoms with Crippen LogP contribution in [-0.4, -0.2) is 61.4 Å². The molecule has 3 amide bonds. The van der Waals surface area contributed by atoms with Crippen LogP contribution in [0.15, 0.2) is 29.4 Å². The SMILES string of the molecule is CCNc1nc(NCC)n2c(SCC(=O)Nc3ccc(NC(=O)NC4CC4)cc3)nnc2n1. The summed E-state index contributed by atoms with van der Waals surface area (Å²) < 4.78 is 1.69. The van der Waals surface area contributed by atoms with Gasteiger partial charge in [0.25, 0.3) is 5.78 Å². The molecule has 3 aromatic rings. The third-order valence-corrected chi connectivity index (χ3v) is 5.52. The van der Waals surface area contributed by atoms with Crippen LogP contribution in [0.3, 0.4) is 0 Å². The number of hydrogen-bond acceptors (Lipinski definition) is 9. The fourth-order valence-electron chi connectivity index (χ4n) is 2.94. The molecule has 33 heavy (non-hydrogen) atoms. The van der Waals surface area contributed by atoms with Crippen LogP contribution in [0, 0.1) is 0 Å². The van der Waals surface area contributed by atoms with Crippen molar-refractivity contribution in [1.82, 2.24) is 29.9 Å². The normalized spacial score (nSPS) is 12.9. The molecule has 1 saturated carbocycles. The van der Waals surface area contributed by atoms with Crippen molar-refractivity contribution >= 4 is 52.7 Å². The van der Waals surface area contributed by atoms with E-state index in [9.17, 15) is 9.59 Å². The van der Waals surface area contributed by atoms with Crippen molar-refractivity contribution in [2.24, 2.45) is 0 Å². The van der Waals surface area contributed by atoms with Gasteiger partial charge in [0.1, 0.15) is 0 Å². The first kappa shape index (κ1) is 22.6. The molecular weight excluding hydrogens is 444 g/mol. The Morgan fingerprint density at radius 1 is 1.00 bits per heavy atom. The Bertz CT molecular complexity index is 1130. The van der Waals surface area contributed by atoms with E-state index in [4.69, 9.17) is 0 Å². The van der Waals surface area contributed by atoms with E-state index in [0.717, 1.165) is 12.8 Å². The van der Waals surface area contributed by atoms with Gasteiger partial charge < -0.3 is 26.6 Å². The first-order chi connectivity index (χ1) is 16.1. The Kier molecular flexibility index (Phi) is 7.07. The lowest BCUT2D eigenvalue weighted by molar-refractivity contribution is -0.113. The maximum atomic E-state index is 12.5. The van der Waals surface area contributed by atoms with Gasteiger partial charge in [0, 0.05) is 30.5 Å². The number of hydrogen-bond donors (Lipinski definition) is 5. The maximum Gasteiger partial charge on any atom is 0.319 e. The van der Waals surface area contributed by atoms with Gasteiger partial charge in [-0.15, -0.1) is 10.2 Å². The minimum Gasteiger partial charge on any atom is -0.355 e. The Balaban J connectivity index is 1.35. The van der Waals surface area contributed by atoms with Gasteiger partial charge in [0.15, 0.2) is 5.16 Å². The number of benzene rings is 1. The fraction of sp³-hybridized carbons (Fsp3) is 0.400. The van der Waals surface area contributed by atoms with Crippen LogP contribution in [0.4, 0.5) is 28.1 Å². The predicted molar refractivity (Wildman–Crippen MR) is 128 cm³/mol. The monoisotopic (exact) mass is 470 g/mol. The van der Waals surface area contributed by atoms with Crippen molar-refractivity contribution in [3.63, 3.8) is 0 Å². The molecule has 2 heterocycles. The number of fused-ring (bicyclic) bond motifs is 1. The van der Waals surface area contributed by atoms with E-state index in [0.29, 0.717) is 53.3 Å². The summed E-state index contributed by atoms with van der Waals surface area (Å²) in [4.78, 5) is 33.1. The Labute approximate surface area is 194 Å². The number of thioether (sulfide) groups is 1. The number of aromatic nitrogens is 5. The maximum absolute atomic E-state index is 12.5. The lowest BCUT2D eigenvalue weighted by Gasteiger charge is -2.10. The molecule has 0 saturated heterocycles. The molecule has 0 unspecified atom stereocenters. The van der Waals surface area contributed by atoms with Crippen LogP contribution in [0.25, 0.3) is 5.78 Å². The smallest absolute Gasteiger partial charge is 0.319 e. The first-order valence-corrected chi connectivity index (χ1v) is 11.8. The molecule has 1 aromatic carbocycles. The summed E-state index contributed by atoms with van der Waals surface area (Å²) in [5, 5.41) is 23.5. The summed E-state index contributed by atoms with van der Waals surface area (Å²) in [6, 6.07) is 7.03. The van der Waals surface area contributed by atoms with Crippen LogP contribution < -0.4 is 26.6 Å². The Hall–Kier alpha value is -3.61. The second kappa shape index (κ2) is 10.3. The molecule has 174 valence electrons. The van der Waals surface area contributed by atoms with Crippen LogP contribution in [-0.2, 0) is 4.79 Å². The van der Waals surface area contributed by atoms with Crippen molar-refractivity contribution in [3.8, 4) is 0 Å². The second-order valence-electron chi connectivity index (χ2n) is 7.34. The van der Waals surface area contributed by atoms with Crippen LogP contribution in [0.5, 0.6) is 0 Å². The highest BCUT2D eigenvalue weighted by Crippen LogP contribution is 2.22. The number of carbonyl (C=O) groups excluding carboxylic acids is 2. The van der Waals surface area contributed by atoms with Crippen LogP contribution in [0.2, 0.25) is 0 Å². The fourth-order valence-corrected chi connectivity index (χ4v) is 3.67. The summed E-state index contributed by atoms with van der Waals surface area (Å²) in [5.41, 5.74) is 1.29. The van der Waals surface area contributed by atoms with Gasteiger partial charge in [-0.2, -0.15) is 9.97 Å². The average molecular weight is 471 g/mol. The zero-order valence-corrected chi connectivity index (χ0v) is 19.2. The van der Waals surface area contributed by atoms with Gasteiger partial charge in [-0.1, -0.05) is 11.8 Å². The van der Waals surface area contributed by atoms with Crippen LogP contribution in [0.1, 0.15) is 26.7 Å². The largest absolute Gasteiger partial charge is 0.355 e. The van der Waals surface area contributed by atoms with Crippen molar-refractivity contribution < 1.29 is 9.59 Å². The van der Waals surface area contributed by atoms with E-state index in [-0.39, 0.29) is 17.7 Å². The van der Waals surface area contributed by atoms with Gasteiger partial charge in [-0.05, 0) is 51.0 Å². The molecule has 0 spiro atoms. The quantitative estimate of drug-likeness (QED) is 0.281. The van der Waals surface area contributed by atoms with E-state index < -0.39 is 0 Å². The standard InChI is InChI=1S/C20H26N10O2S/c1-3-21-16-26-17(22-4-2)30-18(27-16)28-29-20(30)33-11-15(31)23-12-5-7-13(8-6-12)24-19(32)25-14-9-10-14/h5-8,14H,3-4,9-11H2,1-2H3,(H,23,31)(H2,24,25,32)(H2,21,22,26,27,28). The zero-order valence-electron chi connectivity index (χ0n) is 18.4. The number of carbonyl (C=O) groups is 2. The molecular formula is C20H26N10O2S. The highest BCUT2D eigenvalue weighted by Gasteiger charge is 2.23. The third-order valence-electron chi connectivity index (χ3n) is 4.59. The lowest BCUT2D eigenvalue weighted by atomic mass is 10.3. The molecule has 5 N–H and O–H groups in total. The first-order valence-electron chi connectivity index (χ1n) is 10.8. The number of urea groups is 1. The highest BCUT2D eigenvalue weighted by molar-refractivity contribution is 7.99. The molecule has 13 heteroatoms. The summed E-state index contributed by atoms with van der Waals surface area (Å²) in [7, 11) is 0. The molecule has 1 aliphatic carbocycles. The Morgan fingerprint density at radius 2 is 1.70 bits per heavy atom. The summed E-state index contributed by atoms with van der Waals surface area (Å²) in [5.74, 6) is 1.35. The molecule has 0 atom stereocenters. The minimum absolute atomic E-state index is 0.130. The highest BCUT2D eigenvalue weighted by atomic mass is 32.2. The van der Waals surface area contributed by atoms with E-state index in [1.165, 1.54) is 11.8 Å². The van der Waals surface area contributed by atoms with Crippen molar-refractivity contribution in [2.75, 3.05) is 40.1 Å². The molecule has 12 nitrogen and oxygen atoms in total. The zero-order chi connectivity index (χ0) is 23.2. The topological polar surface area (TPSA) is 150 Å². The summed E-state index contributed by atoms with van der Waals surface area (Å²) in [6.07, 6.45) is 2.06. The molecule has 0 radical (unpaired) electrons. The summed E-state index contributed by atoms with van der Waals surface area (Å²) >= 11 is 1.24. The van der Waals surface area contributed by atoms with Gasteiger partial charge >= 0.3 is 6.03 Å². The third kappa shape index (κ3) is 6.00. The lowest BCUT2D eigenvalue weighted by Crippen LogP contribution is -2.30.